The van der Waals surface area contributed by atoms with Crippen molar-refractivity contribution in [3.05, 3.63) is 59.5 Å². The molecule has 1 aromatic heterocycles. The SMILES string of the molecule is O=Cc1cc(COC(=O)c2ccccc2)co1. The van der Waals surface area contributed by atoms with E-state index in [0.29, 0.717) is 17.4 Å². The molecule has 0 aliphatic carbocycles. The van der Waals surface area contributed by atoms with Crippen LogP contribution in [-0.2, 0) is 11.3 Å². The first kappa shape index (κ1) is 11.1. The molecule has 0 saturated heterocycles. The lowest BCUT2D eigenvalue weighted by Crippen LogP contribution is -2.04. The number of aldehydes is 1. The molecule has 0 spiro atoms. The number of carbonyl (C=O) groups is 2. The van der Waals surface area contributed by atoms with Crippen LogP contribution in [-0.4, -0.2) is 12.3 Å². The summed E-state index contributed by atoms with van der Waals surface area (Å²) in [7, 11) is 0. The largest absolute Gasteiger partial charge is 0.461 e. The Bertz CT molecular complexity index is 513. The minimum atomic E-state index is -0.403. The van der Waals surface area contributed by atoms with Gasteiger partial charge in [0.25, 0.3) is 0 Å². The van der Waals surface area contributed by atoms with Gasteiger partial charge in [-0.2, -0.15) is 0 Å². The molecular weight excluding hydrogens is 220 g/mol. The molecule has 0 unspecified atom stereocenters. The normalized spacial score (nSPS) is 9.88. The maximum atomic E-state index is 11.6. The van der Waals surface area contributed by atoms with E-state index in [1.165, 1.54) is 12.3 Å². The van der Waals surface area contributed by atoms with Crippen LogP contribution in [0.3, 0.4) is 0 Å². The first-order valence-electron chi connectivity index (χ1n) is 5.04. The van der Waals surface area contributed by atoms with Gasteiger partial charge in [0, 0.05) is 5.56 Å². The third-order valence-electron chi connectivity index (χ3n) is 2.17. The number of rotatable bonds is 4. The Balaban J connectivity index is 1.94. The Hall–Kier alpha value is -2.36. The van der Waals surface area contributed by atoms with E-state index in [0.717, 1.165) is 0 Å². The Morgan fingerprint density at radius 1 is 1.29 bits per heavy atom. The molecule has 0 radical (unpaired) electrons. The summed E-state index contributed by atoms with van der Waals surface area (Å²) >= 11 is 0. The molecule has 1 heterocycles. The first-order chi connectivity index (χ1) is 8.29. The molecule has 0 N–H and O–H groups in total. The highest BCUT2D eigenvalue weighted by atomic mass is 16.5. The minimum Gasteiger partial charge on any atom is -0.461 e. The third-order valence-corrected chi connectivity index (χ3v) is 2.17. The molecule has 0 saturated carbocycles. The van der Waals surface area contributed by atoms with Crippen molar-refractivity contribution in [3.63, 3.8) is 0 Å². The molecule has 0 amide bonds. The third kappa shape index (κ3) is 2.81. The first-order valence-corrected chi connectivity index (χ1v) is 5.04. The van der Waals surface area contributed by atoms with Crippen molar-refractivity contribution in [2.45, 2.75) is 6.61 Å². The van der Waals surface area contributed by atoms with Crippen molar-refractivity contribution >= 4 is 12.3 Å². The Morgan fingerprint density at radius 2 is 2.06 bits per heavy atom. The summed E-state index contributed by atoms with van der Waals surface area (Å²) in [5.41, 5.74) is 1.14. The highest BCUT2D eigenvalue weighted by Gasteiger charge is 2.07. The van der Waals surface area contributed by atoms with Gasteiger partial charge in [0.1, 0.15) is 6.61 Å². The molecule has 0 atom stereocenters. The van der Waals surface area contributed by atoms with Gasteiger partial charge in [-0.05, 0) is 18.2 Å². The monoisotopic (exact) mass is 230 g/mol. The van der Waals surface area contributed by atoms with Crippen LogP contribution in [0.25, 0.3) is 0 Å². The summed E-state index contributed by atoms with van der Waals surface area (Å²) in [6.45, 7) is 0.0884. The van der Waals surface area contributed by atoms with E-state index in [4.69, 9.17) is 9.15 Å². The zero-order chi connectivity index (χ0) is 12.1. The van der Waals surface area contributed by atoms with Crippen molar-refractivity contribution in [1.29, 1.82) is 0 Å². The van der Waals surface area contributed by atoms with Crippen LogP contribution < -0.4 is 0 Å². The van der Waals surface area contributed by atoms with Gasteiger partial charge < -0.3 is 9.15 Å². The number of carbonyl (C=O) groups excluding carboxylic acids is 2. The number of benzene rings is 1. The summed E-state index contributed by atoms with van der Waals surface area (Å²) in [5, 5.41) is 0. The van der Waals surface area contributed by atoms with Gasteiger partial charge in [0.15, 0.2) is 12.0 Å². The van der Waals surface area contributed by atoms with E-state index in [9.17, 15) is 9.59 Å². The van der Waals surface area contributed by atoms with E-state index in [-0.39, 0.29) is 12.4 Å². The number of ether oxygens (including phenoxy) is 1. The van der Waals surface area contributed by atoms with Gasteiger partial charge in [-0.15, -0.1) is 0 Å². The summed E-state index contributed by atoms with van der Waals surface area (Å²) < 4.78 is 9.95. The van der Waals surface area contributed by atoms with E-state index in [2.05, 4.69) is 0 Å². The summed E-state index contributed by atoms with van der Waals surface area (Å²) in [6.07, 6.45) is 1.99. The molecule has 0 fully saturated rings. The van der Waals surface area contributed by atoms with Crippen LogP contribution in [0.15, 0.2) is 47.1 Å². The van der Waals surface area contributed by atoms with Crippen molar-refractivity contribution < 1.29 is 18.7 Å². The predicted octanol–water partition coefficient (Wildman–Crippen LogP) is 2.45. The van der Waals surface area contributed by atoms with Crippen molar-refractivity contribution in [2.24, 2.45) is 0 Å². The lowest BCUT2D eigenvalue weighted by Gasteiger charge is -2.02. The smallest absolute Gasteiger partial charge is 0.338 e. The molecule has 86 valence electrons. The highest BCUT2D eigenvalue weighted by molar-refractivity contribution is 5.89. The zero-order valence-electron chi connectivity index (χ0n) is 8.96. The van der Waals surface area contributed by atoms with Gasteiger partial charge in [-0.3, -0.25) is 4.79 Å². The topological polar surface area (TPSA) is 56.5 Å². The van der Waals surface area contributed by atoms with Gasteiger partial charge >= 0.3 is 5.97 Å². The lowest BCUT2D eigenvalue weighted by molar-refractivity contribution is 0.0472. The van der Waals surface area contributed by atoms with E-state index in [1.54, 1.807) is 24.3 Å². The number of hydrogen-bond donors (Lipinski definition) is 0. The number of hydrogen-bond acceptors (Lipinski definition) is 4. The van der Waals surface area contributed by atoms with Crippen LogP contribution in [0.2, 0.25) is 0 Å². The number of furan rings is 1. The standard InChI is InChI=1S/C13H10O4/c14-7-12-6-10(8-16-12)9-17-13(15)11-4-2-1-3-5-11/h1-8H,9H2. The molecule has 17 heavy (non-hydrogen) atoms. The molecule has 0 aliphatic heterocycles. The maximum absolute atomic E-state index is 11.6. The van der Waals surface area contributed by atoms with Crippen LogP contribution >= 0.6 is 0 Å². The van der Waals surface area contributed by atoms with Crippen LogP contribution in [0.1, 0.15) is 26.5 Å². The summed E-state index contributed by atoms with van der Waals surface area (Å²) in [5.74, 6) is -0.185. The van der Waals surface area contributed by atoms with Gasteiger partial charge in [-0.1, -0.05) is 18.2 Å². The second-order valence-electron chi connectivity index (χ2n) is 3.42. The van der Waals surface area contributed by atoms with E-state index in [1.807, 2.05) is 6.07 Å². The van der Waals surface area contributed by atoms with Gasteiger partial charge in [0.05, 0.1) is 11.8 Å². The summed E-state index contributed by atoms with van der Waals surface area (Å²) in [6, 6.07) is 10.2. The highest BCUT2D eigenvalue weighted by Crippen LogP contribution is 2.09. The average molecular weight is 230 g/mol. The fraction of sp³-hybridized carbons (Fsp3) is 0.0769. The van der Waals surface area contributed by atoms with Gasteiger partial charge in [-0.25, -0.2) is 4.79 Å². The van der Waals surface area contributed by atoms with Crippen LogP contribution in [0.5, 0.6) is 0 Å². The van der Waals surface area contributed by atoms with E-state index >= 15 is 0 Å². The average Bonchev–Trinajstić information content (AvgIpc) is 2.85. The Morgan fingerprint density at radius 3 is 2.71 bits per heavy atom. The molecule has 0 aliphatic rings. The van der Waals surface area contributed by atoms with Crippen molar-refractivity contribution in [2.75, 3.05) is 0 Å². The minimum absolute atomic E-state index is 0.0884. The van der Waals surface area contributed by atoms with Crippen LogP contribution in [0.4, 0.5) is 0 Å². The zero-order valence-corrected chi connectivity index (χ0v) is 8.96. The van der Waals surface area contributed by atoms with Crippen molar-refractivity contribution in [3.8, 4) is 0 Å². The number of esters is 1. The molecule has 2 aromatic rings. The Labute approximate surface area is 97.8 Å². The quantitative estimate of drug-likeness (QED) is 0.598. The molecule has 1 aromatic carbocycles. The Kier molecular flexibility index (Phi) is 3.35. The molecule has 0 bridgehead atoms. The molecule has 4 nitrogen and oxygen atoms in total. The lowest BCUT2D eigenvalue weighted by atomic mass is 10.2. The van der Waals surface area contributed by atoms with Crippen molar-refractivity contribution in [1.82, 2.24) is 0 Å². The van der Waals surface area contributed by atoms with Crippen LogP contribution in [0, 0.1) is 0 Å². The second-order valence-corrected chi connectivity index (χ2v) is 3.42. The predicted molar refractivity (Wildman–Crippen MR) is 59.7 cm³/mol. The van der Waals surface area contributed by atoms with Gasteiger partial charge in [0.2, 0.25) is 0 Å². The fourth-order valence-electron chi connectivity index (χ4n) is 1.34. The molecule has 4 heteroatoms. The summed E-state index contributed by atoms with van der Waals surface area (Å²) in [4.78, 5) is 21.9. The maximum Gasteiger partial charge on any atom is 0.338 e. The van der Waals surface area contributed by atoms with E-state index < -0.39 is 5.97 Å². The fourth-order valence-corrected chi connectivity index (χ4v) is 1.34. The molecular formula is C13H10O4. The molecule has 2 rings (SSSR count). The second kappa shape index (κ2) is 5.12.